The Kier molecular flexibility index (Phi) is 11.6. The van der Waals surface area contributed by atoms with Gasteiger partial charge in [0, 0.05) is 26.2 Å². The summed E-state index contributed by atoms with van der Waals surface area (Å²) in [4.78, 5) is 60.7. The van der Waals surface area contributed by atoms with Crippen LogP contribution in [-0.4, -0.2) is 119 Å². The van der Waals surface area contributed by atoms with E-state index in [1.807, 2.05) is 34.9 Å². The summed E-state index contributed by atoms with van der Waals surface area (Å²) in [5, 5.41) is 12.9. The van der Waals surface area contributed by atoms with E-state index in [1.165, 1.54) is 0 Å². The molecule has 3 fully saturated rings. The minimum absolute atomic E-state index is 0.0915. The largest absolute Gasteiger partial charge is 0.480 e. The molecule has 0 aliphatic carbocycles. The number of carbonyl (C=O) groups excluding carboxylic acids is 3. The topological polar surface area (TPSA) is 113 Å². The van der Waals surface area contributed by atoms with Crippen molar-refractivity contribution < 1.29 is 24.3 Å². The lowest BCUT2D eigenvalue weighted by Gasteiger charge is -2.45. The van der Waals surface area contributed by atoms with Gasteiger partial charge in [0.1, 0.15) is 12.1 Å². The molecule has 0 spiro atoms. The van der Waals surface area contributed by atoms with Gasteiger partial charge in [0.05, 0.1) is 12.1 Å². The second-order valence-corrected chi connectivity index (χ2v) is 13.9. The lowest BCUT2D eigenvalue weighted by atomic mass is 9.84. The Balaban J connectivity index is 1.77. The first kappa shape index (κ1) is 33.3. The van der Waals surface area contributed by atoms with Gasteiger partial charge in [-0.2, -0.15) is 0 Å². The molecule has 10 heteroatoms. The van der Waals surface area contributed by atoms with Crippen molar-refractivity contribution in [3.05, 3.63) is 0 Å². The van der Waals surface area contributed by atoms with Crippen molar-refractivity contribution >= 4 is 23.7 Å². The fourth-order valence-corrected chi connectivity index (χ4v) is 6.81. The number of carbonyl (C=O) groups is 4. The summed E-state index contributed by atoms with van der Waals surface area (Å²) >= 11 is 0. The molecule has 234 valence electrons. The highest BCUT2D eigenvalue weighted by atomic mass is 16.4. The molecule has 3 aliphatic heterocycles. The van der Waals surface area contributed by atoms with Crippen LogP contribution in [0.3, 0.4) is 0 Å². The minimum Gasteiger partial charge on any atom is -0.480 e. The summed E-state index contributed by atoms with van der Waals surface area (Å²) in [6.45, 7) is 12.7. The van der Waals surface area contributed by atoms with E-state index in [9.17, 15) is 24.3 Å². The van der Waals surface area contributed by atoms with E-state index in [0.29, 0.717) is 25.9 Å². The first-order valence-electron chi connectivity index (χ1n) is 15.8. The molecule has 3 saturated heterocycles. The molecular formula is C31H55N5O5. The maximum atomic E-state index is 14.1. The number of carboxylic acid groups (broad SMARTS) is 1. The number of hydrogen-bond donors (Lipinski definition) is 2. The quantitative estimate of drug-likeness (QED) is 0.433. The summed E-state index contributed by atoms with van der Waals surface area (Å²) in [7, 11) is 3.79. The van der Waals surface area contributed by atoms with E-state index in [4.69, 9.17) is 0 Å². The number of nitrogens with one attached hydrogen (secondary N) is 1. The molecule has 0 radical (unpaired) electrons. The van der Waals surface area contributed by atoms with Crippen LogP contribution in [0.15, 0.2) is 0 Å². The average molecular weight is 578 g/mol. The van der Waals surface area contributed by atoms with Crippen molar-refractivity contribution in [3.63, 3.8) is 0 Å². The van der Waals surface area contributed by atoms with Gasteiger partial charge in [0.25, 0.3) is 0 Å². The second-order valence-electron chi connectivity index (χ2n) is 13.9. The van der Waals surface area contributed by atoms with Crippen LogP contribution in [0.5, 0.6) is 0 Å². The fourth-order valence-electron chi connectivity index (χ4n) is 6.81. The highest BCUT2D eigenvalue weighted by molar-refractivity contribution is 5.90. The number of carboxylic acids is 1. The van der Waals surface area contributed by atoms with Crippen LogP contribution in [0.4, 0.5) is 0 Å². The first-order chi connectivity index (χ1) is 19.2. The number of rotatable bonds is 9. The van der Waals surface area contributed by atoms with Crippen LogP contribution in [0.1, 0.15) is 92.4 Å². The third kappa shape index (κ3) is 8.21. The number of likely N-dealkylation sites (N-methyl/N-ethyl adjacent to an activating group) is 2. The maximum absolute atomic E-state index is 14.1. The second kappa shape index (κ2) is 14.3. The number of piperidine rings is 3. The molecular weight excluding hydrogens is 522 g/mol. The Morgan fingerprint density at radius 3 is 2.00 bits per heavy atom. The Morgan fingerprint density at radius 2 is 1.44 bits per heavy atom. The van der Waals surface area contributed by atoms with Gasteiger partial charge in [0.15, 0.2) is 0 Å². The Labute approximate surface area is 247 Å². The van der Waals surface area contributed by atoms with Gasteiger partial charge in [-0.3, -0.25) is 24.2 Å². The van der Waals surface area contributed by atoms with Crippen LogP contribution in [-0.2, 0) is 19.2 Å². The molecule has 0 aromatic heterocycles. The van der Waals surface area contributed by atoms with Gasteiger partial charge in [-0.1, -0.05) is 47.5 Å². The van der Waals surface area contributed by atoms with Gasteiger partial charge in [-0.15, -0.1) is 0 Å². The lowest BCUT2D eigenvalue weighted by molar-refractivity contribution is -0.155. The van der Waals surface area contributed by atoms with Crippen molar-refractivity contribution in [3.8, 4) is 0 Å². The van der Waals surface area contributed by atoms with Gasteiger partial charge >= 0.3 is 5.97 Å². The van der Waals surface area contributed by atoms with Crippen molar-refractivity contribution in [1.82, 2.24) is 24.9 Å². The smallest absolute Gasteiger partial charge is 0.326 e. The molecule has 10 nitrogen and oxygen atoms in total. The molecule has 0 saturated carbocycles. The molecule has 0 bridgehead atoms. The van der Waals surface area contributed by atoms with E-state index in [-0.39, 0.29) is 41.8 Å². The first-order valence-corrected chi connectivity index (χ1v) is 15.8. The van der Waals surface area contributed by atoms with Crippen molar-refractivity contribution in [1.29, 1.82) is 0 Å². The number of amides is 3. The molecule has 0 aromatic carbocycles. The van der Waals surface area contributed by atoms with Crippen LogP contribution in [0, 0.1) is 11.3 Å². The standard InChI is InChI=1S/C31H55N5O5/c1-21(2)25(20-35-18-12-9-15-23(35)28(38)36-19-13-10-16-24(36)30(40)41)34(7)29(39)26(31(3,4)5)32-27(37)22-14-8-11-17-33(22)6/h21-26H,8-20H2,1-7H3,(H,32,37)(H,40,41)/t22-,23+,24+,25-,26-/m1/s1. The normalized spacial score (nSPS) is 26.3. The highest BCUT2D eigenvalue weighted by Crippen LogP contribution is 2.28. The van der Waals surface area contributed by atoms with Crippen molar-refractivity contribution in [2.45, 2.75) is 123 Å². The number of nitrogens with zero attached hydrogens (tertiary/aromatic N) is 4. The number of likely N-dealkylation sites (tertiary alicyclic amines) is 3. The van der Waals surface area contributed by atoms with Crippen LogP contribution >= 0.6 is 0 Å². The van der Waals surface area contributed by atoms with Crippen molar-refractivity contribution in [2.24, 2.45) is 11.3 Å². The minimum atomic E-state index is -0.930. The molecule has 3 amide bonds. The SMILES string of the molecule is CC(C)[C@@H](CN1CCCC[C@H]1C(=O)N1CCCC[C@H]1C(=O)O)N(C)C(=O)[C@@H](NC(=O)[C@H]1CCCCN1C)C(C)(C)C. The van der Waals surface area contributed by atoms with E-state index < -0.39 is 23.5 Å². The number of hydrogen-bond acceptors (Lipinski definition) is 6. The van der Waals surface area contributed by atoms with E-state index >= 15 is 0 Å². The summed E-state index contributed by atoms with van der Waals surface area (Å²) in [5.41, 5.74) is -0.487. The maximum Gasteiger partial charge on any atom is 0.326 e. The third-order valence-electron chi connectivity index (χ3n) is 9.48. The van der Waals surface area contributed by atoms with E-state index in [2.05, 4.69) is 29.0 Å². The summed E-state index contributed by atoms with van der Waals surface area (Å²) < 4.78 is 0. The molecule has 3 aliphatic rings. The summed E-state index contributed by atoms with van der Waals surface area (Å²) in [6.07, 6.45) is 7.60. The zero-order valence-corrected chi connectivity index (χ0v) is 26.5. The lowest BCUT2D eigenvalue weighted by Crippen LogP contribution is -2.62. The molecule has 3 heterocycles. The molecule has 3 rings (SSSR count). The molecule has 2 N–H and O–H groups in total. The molecule has 5 atom stereocenters. The fraction of sp³-hybridized carbons (Fsp3) is 0.871. The van der Waals surface area contributed by atoms with Crippen LogP contribution in [0.25, 0.3) is 0 Å². The predicted molar refractivity (Wildman–Crippen MR) is 159 cm³/mol. The Morgan fingerprint density at radius 1 is 0.878 bits per heavy atom. The monoisotopic (exact) mass is 577 g/mol. The van der Waals surface area contributed by atoms with Crippen LogP contribution < -0.4 is 5.32 Å². The average Bonchev–Trinajstić information content (AvgIpc) is 2.93. The van der Waals surface area contributed by atoms with E-state index in [1.54, 1.807) is 9.80 Å². The highest BCUT2D eigenvalue weighted by Gasteiger charge is 2.42. The van der Waals surface area contributed by atoms with Crippen LogP contribution in [0.2, 0.25) is 0 Å². The van der Waals surface area contributed by atoms with E-state index in [0.717, 1.165) is 58.0 Å². The van der Waals surface area contributed by atoms with Crippen molar-refractivity contribution in [2.75, 3.05) is 40.3 Å². The number of aliphatic carboxylic acids is 1. The molecule has 41 heavy (non-hydrogen) atoms. The van der Waals surface area contributed by atoms with Gasteiger partial charge in [-0.05, 0) is 76.4 Å². The van der Waals surface area contributed by atoms with Gasteiger partial charge in [0.2, 0.25) is 17.7 Å². The predicted octanol–water partition coefficient (Wildman–Crippen LogP) is 2.80. The van der Waals surface area contributed by atoms with Gasteiger partial charge in [-0.25, -0.2) is 4.79 Å². The summed E-state index contributed by atoms with van der Waals surface area (Å²) in [5.74, 6) is -1.12. The zero-order chi connectivity index (χ0) is 30.5. The Hall–Kier alpha value is -2.20. The molecule has 0 aromatic rings. The Bertz CT molecular complexity index is 934. The third-order valence-corrected chi connectivity index (χ3v) is 9.48. The molecule has 0 unspecified atom stereocenters. The summed E-state index contributed by atoms with van der Waals surface area (Å²) in [6, 6.07) is -2.22. The zero-order valence-electron chi connectivity index (χ0n) is 26.5. The van der Waals surface area contributed by atoms with Gasteiger partial charge < -0.3 is 20.2 Å².